The normalized spacial score (nSPS) is 11.3. The van der Waals surface area contributed by atoms with E-state index in [1.165, 1.54) is 0 Å². The van der Waals surface area contributed by atoms with Gasteiger partial charge in [-0.3, -0.25) is 19.8 Å². The summed E-state index contributed by atoms with van der Waals surface area (Å²) >= 11 is 5.44. The van der Waals surface area contributed by atoms with Crippen LogP contribution in [0.15, 0.2) is 68.0 Å². The molecule has 0 radical (unpaired) electrons. The molecule has 0 aliphatic rings. The lowest BCUT2D eigenvalue weighted by Crippen LogP contribution is -2.13. The number of amides is 1. The van der Waals surface area contributed by atoms with E-state index >= 15 is 0 Å². The molecule has 0 unspecified atom stereocenters. The van der Waals surface area contributed by atoms with Gasteiger partial charge in [-0.05, 0) is 36.4 Å². The number of halogens is 1. The van der Waals surface area contributed by atoms with Crippen LogP contribution in [0.4, 0.5) is 17.2 Å². The van der Waals surface area contributed by atoms with Gasteiger partial charge in [0.05, 0.1) is 5.69 Å². The molecule has 10 heteroatoms. The first-order valence-corrected chi connectivity index (χ1v) is 8.71. The summed E-state index contributed by atoms with van der Waals surface area (Å²) in [5.41, 5.74) is 2.21. The van der Waals surface area contributed by atoms with Crippen LogP contribution in [-0.2, 0) is 4.79 Å². The fourth-order valence-electron chi connectivity index (χ4n) is 2.48. The molecule has 0 fully saturated rings. The highest BCUT2D eigenvalue weighted by atomic mass is 35.5. The van der Waals surface area contributed by atoms with Crippen LogP contribution in [0, 0.1) is 0 Å². The number of H-pyrrole nitrogens is 2. The van der Waals surface area contributed by atoms with Crippen molar-refractivity contribution in [1.29, 1.82) is 0 Å². The molecule has 0 bridgehead atoms. The van der Waals surface area contributed by atoms with Crippen molar-refractivity contribution in [3.63, 3.8) is 0 Å². The van der Waals surface area contributed by atoms with E-state index in [4.69, 9.17) is 16.0 Å². The molecule has 28 heavy (non-hydrogen) atoms. The maximum atomic E-state index is 11.8. The van der Waals surface area contributed by atoms with Crippen LogP contribution in [0.5, 0.6) is 0 Å². The van der Waals surface area contributed by atoms with Crippen molar-refractivity contribution in [2.75, 3.05) is 11.2 Å². The Hall–Kier alpha value is -3.72. The van der Waals surface area contributed by atoms with Gasteiger partial charge in [-0.25, -0.2) is 4.98 Å². The van der Waals surface area contributed by atoms with Gasteiger partial charge in [0.2, 0.25) is 11.8 Å². The van der Waals surface area contributed by atoms with Crippen molar-refractivity contribution < 1.29 is 9.21 Å². The maximum Gasteiger partial charge on any atom is 0.294 e. The summed E-state index contributed by atoms with van der Waals surface area (Å²) < 4.78 is 5.73. The number of alkyl halides is 1. The Morgan fingerprint density at radius 2 is 1.89 bits per heavy atom. The van der Waals surface area contributed by atoms with Gasteiger partial charge in [0.15, 0.2) is 17.1 Å². The number of nitrogens with one attached hydrogen (secondary N) is 3. The average molecular weight is 397 g/mol. The summed E-state index contributed by atoms with van der Waals surface area (Å²) in [6.45, 7) is 0. The van der Waals surface area contributed by atoms with E-state index in [9.17, 15) is 9.59 Å². The zero-order chi connectivity index (χ0) is 19.5. The second-order valence-corrected chi connectivity index (χ2v) is 5.99. The lowest BCUT2D eigenvalue weighted by atomic mass is 10.2. The molecule has 0 aliphatic carbocycles. The summed E-state index contributed by atoms with van der Waals surface area (Å²) in [6.07, 6.45) is 0. The molecule has 0 aliphatic heterocycles. The minimum Gasteiger partial charge on any atom is -0.436 e. The highest BCUT2D eigenvalue weighted by Crippen LogP contribution is 2.27. The van der Waals surface area contributed by atoms with E-state index in [0.29, 0.717) is 17.2 Å². The number of benzene rings is 2. The zero-order valence-corrected chi connectivity index (χ0v) is 15.0. The molecule has 4 aromatic rings. The Balaban J connectivity index is 1.56. The number of azo groups is 1. The molecule has 1 amide bonds. The molecule has 0 saturated heterocycles. The summed E-state index contributed by atoms with van der Waals surface area (Å²) in [5.74, 6) is -0.127. The van der Waals surface area contributed by atoms with Crippen LogP contribution in [0.3, 0.4) is 0 Å². The number of anilines is 1. The summed E-state index contributed by atoms with van der Waals surface area (Å²) in [6, 6.07) is 14.5. The Labute approximate surface area is 162 Å². The van der Waals surface area contributed by atoms with Gasteiger partial charge in [0.1, 0.15) is 11.4 Å². The standard InChI is InChI=1S/C18H13ClN6O3/c19-9-14(26)21-16-15(17(27)25-24-16)23-22-11-7-5-10(6-8-11)18-20-12-3-1-2-4-13(12)28-18/h1-8H,9H2,(H3,21,24,25,26,27). The molecule has 9 nitrogen and oxygen atoms in total. The van der Waals surface area contributed by atoms with Crippen LogP contribution < -0.4 is 10.9 Å². The third kappa shape index (κ3) is 3.55. The predicted molar refractivity (Wildman–Crippen MR) is 104 cm³/mol. The third-order valence-electron chi connectivity index (χ3n) is 3.81. The lowest BCUT2D eigenvalue weighted by molar-refractivity contribution is -0.113. The van der Waals surface area contributed by atoms with Crippen molar-refractivity contribution >= 4 is 45.8 Å². The molecule has 2 heterocycles. The van der Waals surface area contributed by atoms with E-state index in [1.54, 1.807) is 24.3 Å². The van der Waals surface area contributed by atoms with E-state index in [1.807, 2.05) is 24.3 Å². The number of carbonyl (C=O) groups is 1. The monoisotopic (exact) mass is 396 g/mol. The Bertz CT molecular complexity index is 1190. The molecule has 140 valence electrons. The topological polar surface area (TPSA) is 128 Å². The number of aromatic nitrogens is 3. The Kier molecular flexibility index (Phi) is 4.73. The Morgan fingerprint density at radius 1 is 1.11 bits per heavy atom. The second-order valence-electron chi connectivity index (χ2n) is 5.72. The van der Waals surface area contributed by atoms with Gasteiger partial charge < -0.3 is 9.73 Å². The van der Waals surface area contributed by atoms with Crippen LogP contribution in [0.2, 0.25) is 0 Å². The quantitative estimate of drug-likeness (QED) is 0.346. The SMILES string of the molecule is O=C(CCl)Nc1[nH][nH]c(=O)c1N=Nc1ccc(-c2nc3ccccc3o2)cc1. The predicted octanol–water partition coefficient (Wildman–Crippen LogP) is 4.10. The number of rotatable bonds is 5. The van der Waals surface area contributed by atoms with Crippen molar-refractivity contribution in [3.8, 4) is 11.5 Å². The number of nitrogens with zero attached hydrogens (tertiary/aromatic N) is 3. The molecule has 2 aromatic heterocycles. The number of aromatic amines is 2. The second kappa shape index (κ2) is 7.49. The van der Waals surface area contributed by atoms with E-state index in [0.717, 1.165) is 11.1 Å². The summed E-state index contributed by atoms with van der Waals surface area (Å²) in [7, 11) is 0. The van der Waals surface area contributed by atoms with Crippen LogP contribution in [-0.4, -0.2) is 27.0 Å². The molecule has 0 saturated carbocycles. The summed E-state index contributed by atoms with van der Waals surface area (Å²) in [4.78, 5) is 27.6. The molecule has 0 spiro atoms. The van der Waals surface area contributed by atoms with Gasteiger partial charge in [-0.1, -0.05) is 12.1 Å². The molecule has 2 aromatic carbocycles. The van der Waals surface area contributed by atoms with Crippen LogP contribution in [0.1, 0.15) is 0 Å². The fourth-order valence-corrected chi connectivity index (χ4v) is 2.55. The zero-order valence-electron chi connectivity index (χ0n) is 14.3. The van der Waals surface area contributed by atoms with E-state index in [2.05, 4.69) is 30.7 Å². The van der Waals surface area contributed by atoms with Gasteiger partial charge in [0.25, 0.3) is 5.56 Å². The van der Waals surface area contributed by atoms with Gasteiger partial charge in [-0.2, -0.15) is 5.11 Å². The smallest absolute Gasteiger partial charge is 0.294 e. The first-order chi connectivity index (χ1) is 13.6. The van der Waals surface area contributed by atoms with Crippen molar-refractivity contribution in [2.45, 2.75) is 0 Å². The minimum absolute atomic E-state index is 0.0542. The van der Waals surface area contributed by atoms with Crippen molar-refractivity contribution in [1.82, 2.24) is 15.2 Å². The van der Waals surface area contributed by atoms with Gasteiger partial charge in [-0.15, -0.1) is 16.7 Å². The first kappa shape index (κ1) is 17.7. The number of hydrogen-bond acceptors (Lipinski definition) is 6. The van der Waals surface area contributed by atoms with Crippen molar-refractivity contribution in [3.05, 3.63) is 58.9 Å². The largest absolute Gasteiger partial charge is 0.436 e. The van der Waals surface area contributed by atoms with Crippen molar-refractivity contribution in [2.24, 2.45) is 10.2 Å². The molecule has 4 rings (SSSR count). The number of oxazole rings is 1. The fraction of sp³-hybridized carbons (Fsp3) is 0.0556. The highest BCUT2D eigenvalue weighted by molar-refractivity contribution is 6.29. The Morgan fingerprint density at radius 3 is 2.64 bits per heavy atom. The van der Waals surface area contributed by atoms with Gasteiger partial charge in [0, 0.05) is 5.56 Å². The number of para-hydroxylation sites is 2. The van der Waals surface area contributed by atoms with Crippen LogP contribution >= 0.6 is 11.6 Å². The van der Waals surface area contributed by atoms with Crippen LogP contribution in [0.25, 0.3) is 22.6 Å². The number of carbonyl (C=O) groups excluding carboxylic acids is 1. The molecule has 3 N–H and O–H groups in total. The number of hydrogen-bond donors (Lipinski definition) is 3. The molecular weight excluding hydrogens is 384 g/mol. The number of fused-ring (bicyclic) bond motifs is 1. The van der Waals surface area contributed by atoms with Gasteiger partial charge >= 0.3 is 0 Å². The first-order valence-electron chi connectivity index (χ1n) is 8.18. The molecular formula is C18H13ClN6O3. The van der Waals surface area contributed by atoms with E-state index in [-0.39, 0.29) is 17.4 Å². The molecule has 0 atom stereocenters. The van der Waals surface area contributed by atoms with E-state index < -0.39 is 11.5 Å². The third-order valence-corrected chi connectivity index (χ3v) is 4.06. The average Bonchev–Trinajstić information content (AvgIpc) is 3.30. The minimum atomic E-state index is -0.517. The summed E-state index contributed by atoms with van der Waals surface area (Å²) in [5, 5.41) is 15.2. The maximum absolute atomic E-state index is 11.8. The lowest BCUT2D eigenvalue weighted by Gasteiger charge is -1.99. The highest BCUT2D eigenvalue weighted by Gasteiger charge is 2.12.